The van der Waals surface area contributed by atoms with Crippen molar-refractivity contribution in [1.29, 1.82) is 0 Å². The van der Waals surface area contributed by atoms with Gasteiger partial charge in [-0.3, -0.25) is 4.79 Å². The highest BCUT2D eigenvalue weighted by atomic mass is 35.5. The van der Waals surface area contributed by atoms with E-state index >= 15 is 0 Å². The molecule has 0 aliphatic rings. The van der Waals surface area contributed by atoms with Crippen LogP contribution in [-0.2, 0) is 0 Å². The molecule has 4 nitrogen and oxygen atoms in total. The van der Waals surface area contributed by atoms with E-state index in [-0.39, 0.29) is 11.7 Å². The minimum absolute atomic E-state index is 0.236. The zero-order chi connectivity index (χ0) is 20.5. The maximum Gasteiger partial charge on any atom is 0.291 e. The third-order valence-electron chi connectivity index (χ3n) is 4.62. The summed E-state index contributed by atoms with van der Waals surface area (Å²) in [6.45, 7) is 0. The predicted molar refractivity (Wildman–Crippen MR) is 122 cm³/mol. The third kappa shape index (κ3) is 3.73. The standard InChI is InChI=1S/C24H15ClN2O2S/c25-17-5-3-4-16(14-17)20-12-13-21(29-20)23(28)26-18-10-8-15(9-11-18)24-27-19-6-1-2-7-22(19)30-24/h1-14H,(H,26,28). The number of hydrogen-bond donors (Lipinski definition) is 1. The predicted octanol–water partition coefficient (Wildman–Crippen LogP) is 7.13. The number of amides is 1. The second-order valence-electron chi connectivity index (χ2n) is 6.69. The van der Waals surface area contributed by atoms with E-state index in [0.717, 1.165) is 26.4 Å². The van der Waals surface area contributed by atoms with Gasteiger partial charge in [0.25, 0.3) is 5.91 Å². The SMILES string of the molecule is O=C(Nc1ccc(-c2nc3ccccc3s2)cc1)c1ccc(-c2cccc(Cl)c2)o1. The van der Waals surface area contributed by atoms with Crippen LogP contribution in [0.15, 0.2) is 89.3 Å². The van der Waals surface area contributed by atoms with Crippen LogP contribution in [0.3, 0.4) is 0 Å². The molecule has 0 unspecified atom stereocenters. The number of rotatable bonds is 4. The van der Waals surface area contributed by atoms with Crippen molar-refractivity contribution in [3.05, 3.63) is 95.7 Å². The third-order valence-corrected chi connectivity index (χ3v) is 5.94. The summed E-state index contributed by atoms with van der Waals surface area (Å²) in [5, 5.41) is 4.43. The molecule has 0 aliphatic carbocycles. The molecule has 0 fully saturated rings. The number of hydrogen-bond acceptors (Lipinski definition) is 4. The summed E-state index contributed by atoms with van der Waals surface area (Å²) >= 11 is 7.67. The summed E-state index contributed by atoms with van der Waals surface area (Å²) in [5.74, 6) is 0.519. The number of halogens is 1. The zero-order valence-corrected chi connectivity index (χ0v) is 17.2. The van der Waals surface area contributed by atoms with Gasteiger partial charge in [0, 0.05) is 21.8 Å². The molecule has 0 atom stereocenters. The van der Waals surface area contributed by atoms with Crippen molar-refractivity contribution in [3.63, 3.8) is 0 Å². The second-order valence-corrected chi connectivity index (χ2v) is 8.16. The molecule has 5 rings (SSSR count). The van der Waals surface area contributed by atoms with Gasteiger partial charge in [-0.2, -0.15) is 0 Å². The van der Waals surface area contributed by atoms with Crippen molar-refractivity contribution < 1.29 is 9.21 Å². The van der Waals surface area contributed by atoms with Gasteiger partial charge in [-0.15, -0.1) is 11.3 Å². The number of furan rings is 1. The van der Waals surface area contributed by atoms with Gasteiger partial charge < -0.3 is 9.73 Å². The first-order valence-electron chi connectivity index (χ1n) is 9.29. The number of thiazole rings is 1. The molecule has 0 saturated carbocycles. The Morgan fingerprint density at radius 2 is 1.73 bits per heavy atom. The van der Waals surface area contributed by atoms with Gasteiger partial charge in [-0.25, -0.2) is 4.98 Å². The largest absolute Gasteiger partial charge is 0.451 e. The van der Waals surface area contributed by atoms with E-state index in [1.165, 1.54) is 0 Å². The van der Waals surface area contributed by atoms with Crippen LogP contribution in [-0.4, -0.2) is 10.9 Å². The highest BCUT2D eigenvalue weighted by Gasteiger charge is 2.13. The molecule has 1 amide bonds. The van der Waals surface area contributed by atoms with E-state index < -0.39 is 0 Å². The van der Waals surface area contributed by atoms with E-state index in [1.807, 2.05) is 54.6 Å². The summed E-state index contributed by atoms with van der Waals surface area (Å²) in [5.41, 5.74) is 3.51. The van der Waals surface area contributed by atoms with Gasteiger partial charge >= 0.3 is 0 Å². The quantitative estimate of drug-likeness (QED) is 0.330. The fourth-order valence-corrected chi connectivity index (χ4v) is 4.30. The maximum absolute atomic E-state index is 12.6. The fourth-order valence-electron chi connectivity index (χ4n) is 3.14. The molecule has 3 aromatic carbocycles. The molecule has 5 aromatic rings. The van der Waals surface area contributed by atoms with Crippen molar-refractivity contribution in [2.24, 2.45) is 0 Å². The van der Waals surface area contributed by atoms with Crippen molar-refractivity contribution in [2.45, 2.75) is 0 Å². The lowest BCUT2D eigenvalue weighted by Gasteiger charge is -2.04. The fraction of sp³-hybridized carbons (Fsp3) is 0. The number of nitrogens with one attached hydrogen (secondary N) is 1. The molecule has 2 aromatic heterocycles. The lowest BCUT2D eigenvalue weighted by Crippen LogP contribution is -2.10. The number of para-hydroxylation sites is 1. The number of aromatic nitrogens is 1. The Kier molecular flexibility index (Phi) is 4.83. The van der Waals surface area contributed by atoms with Crippen LogP contribution in [0, 0.1) is 0 Å². The first kappa shape index (κ1) is 18.6. The van der Waals surface area contributed by atoms with Gasteiger partial charge in [-0.05, 0) is 60.7 Å². The van der Waals surface area contributed by atoms with Crippen molar-refractivity contribution >= 4 is 44.7 Å². The molecule has 6 heteroatoms. The molecule has 146 valence electrons. The van der Waals surface area contributed by atoms with Gasteiger partial charge in [0.05, 0.1) is 10.2 Å². The van der Waals surface area contributed by atoms with Crippen LogP contribution in [0.5, 0.6) is 0 Å². The van der Waals surface area contributed by atoms with Crippen LogP contribution < -0.4 is 5.32 Å². The summed E-state index contributed by atoms with van der Waals surface area (Å²) < 4.78 is 6.86. The van der Waals surface area contributed by atoms with Crippen molar-refractivity contribution in [2.75, 3.05) is 5.32 Å². The summed E-state index contributed by atoms with van der Waals surface area (Å²) in [6, 6.07) is 26.4. The zero-order valence-electron chi connectivity index (χ0n) is 15.6. The van der Waals surface area contributed by atoms with Crippen LogP contribution in [0.1, 0.15) is 10.6 Å². The smallest absolute Gasteiger partial charge is 0.291 e. The maximum atomic E-state index is 12.6. The molecule has 30 heavy (non-hydrogen) atoms. The number of benzene rings is 3. The molecule has 0 aliphatic heterocycles. The van der Waals surface area contributed by atoms with Gasteiger partial charge in [0.15, 0.2) is 5.76 Å². The van der Waals surface area contributed by atoms with Crippen LogP contribution in [0.2, 0.25) is 5.02 Å². The number of fused-ring (bicyclic) bond motifs is 1. The average Bonchev–Trinajstić information content (AvgIpc) is 3.42. The Balaban J connectivity index is 1.32. The average molecular weight is 431 g/mol. The summed E-state index contributed by atoms with van der Waals surface area (Å²) in [4.78, 5) is 17.2. The van der Waals surface area contributed by atoms with Gasteiger partial charge in [0.2, 0.25) is 0 Å². The molecule has 2 heterocycles. The second kappa shape index (κ2) is 7.78. The first-order chi connectivity index (χ1) is 14.7. The normalized spacial score (nSPS) is 11.0. The molecular weight excluding hydrogens is 416 g/mol. The Bertz CT molecular complexity index is 1320. The van der Waals surface area contributed by atoms with E-state index in [4.69, 9.17) is 16.0 Å². The summed E-state index contributed by atoms with van der Waals surface area (Å²) in [7, 11) is 0. The minimum atomic E-state index is -0.309. The van der Waals surface area contributed by atoms with Crippen molar-refractivity contribution in [1.82, 2.24) is 4.98 Å². The molecule has 0 radical (unpaired) electrons. The lowest BCUT2D eigenvalue weighted by molar-refractivity contribution is 0.0997. The Morgan fingerprint density at radius 3 is 2.53 bits per heavy atom. The van der Waals surface area contributed by atoms with Crippen LogP contribution in [0.4, 0.5) is 5.69 Å². The number of carbonyl (C=O) groups is 1. The van der Waals surface area contributed by atoms with Gasteiger partial charge in [-0.1, -0.05) is 35.9 Å². The topological polar surface area (TPSA) is 55.1 Å². The van der Waals surface area contributed by atoms with E-state index in [1.54, 1.807) is 35.6 Å². The van der Waals surface area contributed by atoms with Crippen LogP contribution in [0.25, 0.3) is 32.1 Å². The van der Waals surface area contributed by atoms with E-state index in [0.29, 0.717) is 16.5 Å². The van der Waals surface area contributed by atoms with E-state index in [2.05, 4.69) is 16.4 Å². The molecular formula is C24H15ClN2O2S. The van der Waals surface area contributed by atoms with Crippen molar-refractivity contribution in [3.8, 4) is 21.9 Å². The number of anilines is 1. The highest BCUT2D eigenvalue weighted by Crippen LogP contribution is 2.31. The molecule has 0 spiro atoms. The van der Waals surface area contributed by atoms with Gasteiger partial charge in [0.1, 0.15) is 10.8 Å². The van der Waals surface area contributed by atoms with E-state index in [9.17, 15) is 4.79 Å². The number of carbonyl (C=O) groups excluding carboxylic acids is 1. The van der Waals surface area contributed by atoms with Crippen LogP contribution >= 0.6 is 22.9 Å². The first-order valence-corrected chi connectivity index (χ1v) is 10.5. The Hall–Kier alpha value is -3.41. The Labute approximate surface area is 181 Å². The molecule has 1 N–H and O–H groups in total. The Morgan fingerprint density at radius 1 is 0.900 bits per heavy atom. The minimum Gasteiger partial charge on any atom is -0.451 e. The lowest BCUT2D eigenvalue weighted by atomic mass is 10.2. The monoisotopic (exact) mass is 430 g/mol. The number of nitrogens with zero attached hydrogens (tertiary/aromatic N) is 1. The highest BCUT2D eigenvalue weighted by molar-refractivity contribution is 7.21. The molecule has 0 saturated heterocycles. The molecule has 0 bridgehead atoms. The summed E-state index contributed by atoms with van der Waals surface area (Å²) in [6.07, 6.45) is 0.